The highest BCUT2D eigenvalue weighted by atomic mass is 35.5. The van der Waals surface area contributed by atoms with Gasteiger partial charge in [-0.05, 0) is 13.8 Å². The molecule has 0 unspecified atom stereocenters. The van der Waals surface area contributed by atoms with Crippen molar-refractivity contribution in [3.8, 4) is 11.5 Å². The molecule has 0 radical (unpaired) electrons. The van der Waals surface area contributed by atoms with Crippen LogP contribution in [-0.2, 0) is 6.54 Å². The summed E-state index contributed by atoms with van der Waals surface area (Å²) in [6, 6.07) is 3.91. The zero-order valence-corrected chi connectivity index (χ0v) is 13.4. The van der Waals surface area contributed by atoms with E-state index in [1.54, 1.807) is 20.3 Å². The summed E-state index contributed by atoms with van der Waals surface area (Å²) in [6.45, 7) is 4.84. The minimum absolute atomic E-state index is 0.351. The van der Waals surface area contributed by atoms with Crippen LogP contribution < -0.4 is 14.8 Å². The SMILES string of the molecule is COc1cc(NCc2cnn(C(C)C)c2)c(OC)cc1Cl. The van der Waals surface area contributed by atoms with Gasteiger partial charge in [-0.2, -0.15) is 5.10 Å². The number of hydrogen-bond donors (Lipinski definition) is 1. The molecule has 1 aromatic heterocycles. The lowest BCUT2D eigenvalue weighted by atomic mass is 10.2. The number of ether oxygens (including phenoxy) is 2. The molecular formula is C15H20ClN3O2. The van der Waals surface area contributed by atoms with Crippen molar-refractivity contribution in [3.63, 3.8) is 0 Å². The lowest BCUT2D eigenvalue weighted by Crippen LogP contribution is -2.02. The van der Waals surface area contributed by atoms with Crippen molar-refractivity contribution in [2.45, 2.75) is 26.4 Å². The van der Waals surface area contributed by atoms with Gasteiger partial charge in [-0.25, -0.2) is 0 Å². The highest BCUT2D eigenvalue weighted by molar-refractivity contribution is 6.32. The second-order valence-electron chi connectivity index (χ2n) is 4.96. The quantitative estimate of drug-likeness (QED) is 0.883. The Morgan fingerprint density at radius 3 is 2.52 bits per heavy atom. The van der Waals surface area contributed by atoms with E-state index in [1.165, 1.54) is 0 Å². The first-order valence-electron chi connectivity index (χ1n) is 6.73. The number of nitrogens with zero attached hydrogens (tertiary/aromatic N) is 2. The van der Waals surface area contributed by atoms with E-state index < -0.39 is 0 Å². The number of aromatic nitrogens is 2. The highest BCUT2D eigenvalue weighted by Crippen LogP contribution is 2.36. The lowest BCUT2D eigenvalue weighted by molar-refractivity contribution is 0.404. The monoisotopic (exact) mass is 309 g/mol. The molecule has 0 atom stereocenters. The summed E-state index contributed by atoms with van der Waals surface area (Å²) < 4.78 is 12.5. The first-order valence-corrected chi connectivity index (χ1v) is 7.11. The molecule has 114 valence electrons. The summed E-state index contributed by atoms with van der Waals surface area (Å²) in [6.07, 6.45) is 3.88. The number of hydrogen-bond acceptors (Lipinski definition) is 4. The Morgan fingerprint density at radius 1 is 1.24 bits per heavy atom. The molecule has 0 fully saturated rings. The van der Waals surface area contributed by atoms with E-state index in [9.17, 15) is 0 Å². The molecule has 0 aliphatic heterocycles. The van der Waals surface area contributed by atoms with Gasteiger partial charge in [-0.3, -0.25) is 4.68 Å². The number of anilines is 1. The van der Waals surface area contributed by atoms with Crippen molar-refractivity contribution in [1.29, 1.82) is 0 Å². The van der Waals surface area contributed by atoms with E-state index in [0.29, 0.717) is 29.1 Å². The average Bonchev–Trinajstić information content (AvgIpc) is 2.94. The van der Waals surface area contributed by atoms with Gasteiger partial charge in [0.15, 0.2) is 0 Å². The van der Waals surface area contributed by atoms with E-state index in [1.807, 2.05) is 23.1 Å². The molecule has 1 aromatic carbocycles. The van der Waals surface area contributed by atoms with Crippen molar-refractivity contribution in [2.24, 2.45) is 0 Å². The molecule has 21 heavy (non-hydrogen) atoms. The lowest BCUT2D eigenvalue weighted by Gasteiger charge is -2.13. The average molecular weight is 310 g/mol. The molecule has 0 aliphatic rings. The van der Waals surface area contributed by atoms with Crippen molar-refractivity contribution in [2.75, 3.05) is 19.5 Å². The summed E-state index contributed by atoms with van der Waals surface area (Å²) in [7, 11) is 3.20. The minimum Gasteiger partial charge on any atom is -0.495 e. The number of benzene rings is 1. The smallest absolute Gasteiger partial charge is 0.143 e. The van der Waals surface area contributed by atoms with Gasteiger partial charge >= 0.3 is 0 Å². The van der Waals surface area contributed by atoms with Gasteiger partial charge in [-0.15, -0.1) is 0 Å². The maximum Gasteiger partial charge on any atom is 0.143 e. The van der Waals surface area contributed by atoms with Gasteiger partial charge < -0.3 is 14.8 Å². The third kappa shape index (κ3) is 3.61. The molecule has 0 amide bonds. The number of methoxy groups -OCH3 is 2. The summed E-state index contributed by atoms with van der Waals surface area (Å²) in [5.41, 5.74) is 1.93. The number of nitrogens with one attached hydrogen (secondary N) is 1. The van der Waals surface area contributed by atoms with Gasteiger partial charge in [0.2, 0.25) is 0 Å². The fraction of sp³-hybridized carbons (Fsp3) is 0.400. The van der Waals surface area contributed by atoms with E-state index in [4.69, 9.17) is 21.1 Å². The van der Waals surface area contributed by atoms with E-state index >= 15 is 0 Å². The summed E-state index contributed by atoms with van der Waals surface area (Å²) >= 11 is 6.09. The van der Waals surface area contributed by atoms with Gasteiger partial charge in [0.1, 0.15) is 11.5 Å². The topological polar surface area (TPSA) is 48.3 Å². The zero-order valence-electron chi connectivity index (χ0n) is 12.7. The van der Waals surface area contributed by atoms with Crippen molar-refractivity contribution < 1.29 is 9.47 Å². The van der Waals surface area contributed by atoms with Crippen LogP contribution in [0.25, 0.3) is 0 Å². The Bertz CT molecular complexity index is 611. The normalized spacial score (nSPS) is 10.8. The van der Waals surface area contributed by atoms with Crippen LogP contribution in [0.5, 0.6) is 11.5 Å². The van der Waals surface area contributed by atoms with Crippen LogP contribution >= 0.6 is 11.6 Å². The Labute approximate surface area is 129 Å². The molecule has 1 heterocycles. The van der Waals surface area contributed by atoms with Gasteiger partial charge in [-0.1, -0.05) is 11.6 Å². The standard InChI is InChI=1S/C15H20ClN3O2/c1-10(2)19-9-11(8-18-19)7-17-13-6-14(20-3)12(16)5-15(13)21-4/h5-6,8-10,17H,7H2,1-4H3. The Morgan fingerprint density at radius 2 is 1.95 bits per heavy atom. The second-order valence-corrected chi connectivity index (χ2v) is 5.37. The molecule has 0 aliphatic carbocycles. The molecule has 0 saturated carbocycles. The van der Waals surface area contributed by atoms with Crippen LogP contribution in [0.1, 0.15) is 25.5 Å². The molecular weight excluding hydrogens is 290 g/mol. The van der Waals surface area contributed by atoms with Crippen LogP contribution in [0.3, 0.4) is 0 Å². The Hall–Kier alpha value is -1.88. The van der Waals surface area contributed by atoms with Crippen LogP contribution in [0.15, 0.2) is 24.5 Å². The van der Waals surface area contributed by atoms with Gasteiger partial charge in [0, 0.05) is 36.5 Å². The minimum atomic E-state index is 0.351. The van der Waals surface area contributed by atoms with Crippen molar-refractivity contribution >= 4 is 17.3 Å². The van der Waals surface area contributed by atoms with E-state index in [0.717, 1.165) is 11.3 Å². The number of halogens is 1. The highest BCUT2D eigenvalue weighted by Gasteiger charge is 2.10. The molecule has 1 N–H and O–H groups in total. The van der Waals surface area contributed by atoms with Crippen LogP contribution in [0, 0.1) is 0 Å². The summed E-state index contributed by atoms with van der Waals surface area (Å²) in [4.78, 5) is 0. The molecule has 0 saturated heterocycles. The second kappa shape index (κ2) is 6.72. The first-order chi connectivity index (χ1) is 10.0. The Kier molecular flexibility index (Phi) is 4.96. The molecule has 2 rings (SSSR count). The molecule has 6 heteroatoms. The number of rotatable bonds is 6. The summed E-state index contributed by atoms with van der Waals surface area (Å²) in [5.74, 6) is 1.29. The van der Waals surface area contributed by atoms with E-state index in [-0.39, 0.29) is 0 Å². The van der Waals surface area contributed by atoms with E-state index in [2.05, 4.69) is 24.3 Å². The third-order valence-electron chi connectivity index (χ3n) is 3.14. The first kappa shape index (κ1) is 15.5. The predicted octanol–water partition coefficient (Wildman–Crippen LogP) is 3.75. The van der Waals surface area contributed by atoms with Crippen LogP contribution in [0.4, 0.5) is 5.69 Å². The maximum atomic E-state index is 6.09. The molecule has 0 bridgehead atoms. The maximum absolute atomic E-state index is 6.09. The largest absolute Gasteiger partial charge is 0.495 e. The predicted molar refractivity (Wildman–Crippen MR) is 84.5 cm³/mol. The zero-order chi connectivity index (χ0) is 15.4. The fourth-order valence-corrected chi connectivity index (χ4v) is 2.18. The molecule has 5 nitrogen and oxygen atoms in total. The fourth-order valence-electron chi connectivity index (χ4n) is 1.95. The van der Waals surface area contributed by atoms with Crippen molar-refractivity contribution in [1.82, 2.24) is 9.78 Å². The van der Waals surface area contributed by atoms with Crippen LogP contribution in [-0.4, -0.2) is 24.0 Å². The third-order valence-corrected chi connectivity index (χ3v) is 3.44. The van der Waals surface area contributed by atoms with Gasteiger partial charge in [0.05, 0.1) is 31.1 Å². The molecule has 0 spiro atoms. The van der Waals surface area contributed by atoms with Gasteiger partial charge in [0.25, 0.3) is 0 Å². The Balaban J connectivity index is 2.14. The molecule has 2 aromatic rings. The summed E-state index contributed by atoms with van der Waals surface area (Å²) in [5, 5.41) is 8.16. The van der Waals surface area contributed by atoms with Crippen molar-refractivity contribution in [3.05, 3.63) is 35.1 Å². The van der Waals surface area contributed by atoms with Crippen LogP contribution in [0.2, 0.25) is 5.02 Å².